The summed E-state index contributed by atoms with van der Waals surface area (Å²) < 4.78 is 19.7. The van der Waals surface area contributed by atoms with Gasteiger partial charge in [-0.05, 0) is 60.7 Å². The van der Waals surface area contributed by atoms with Crippen molar-refractivity contribution in [1.82, 2.24) is 9.13 Å². The van der Waals surface area contributed by atoms with Gasteiger partial charge in [-0.1, -0.05) is 115 Å². The lowest BCUT2D eigenvalue weighted by molar-refractivity contribution is 0.592. The first-order chi connectivity index (χ1) is 22.7. The second-order valence-corrected chi connectivity index (χ2v) is 14.5. The van der Waals surface area contributed by atoms with E-state index in [-0.39, 0.29) is 0 Å². The quantitative estimate of drug-likeness (QED) is 0.179. The van der Waals surface area contributed by atoms with Crippen LogP contribution in [0, 0.1) is 0 Å². The zero-order valence-electron chi connectivity index (χ0n) is 25.0. The zero-order valence-corrected chi connectivity index (χ0v) is 25.9. The van der Waals surface area contributed by atoms with Crippen molar-refractivity contribution in [3.05, 3.63) is 176 Å². The van der Waals surface area contributed by atoms with Gasteiger partial charge in [-0.2, -0.15) is 0 Å². The van der Waals surface area contributed by atoms with Gasteiger partial charge in [0.05, 0.1) is 22.1 Å². The van der Waals surface area contributed by atoms with Crippen molar-refractivity contribution in [2.75, 3.05) is 0 Å². The van der Waals surface area contributed by atoms with E-state index in [0.29, 0.717) is 0 Å². The van der Waals surface area contributed by atoms with Gasteiger partial charge < -0.3 is 13.7 Å². The number of nitrogens with zero attached hydrogens (tertiary/aromatic N) is 2. The van der Waals surface area contributed by atoms with E-state index < -0.39 is 7.14 Å². The molecule has 7 aromatic carbocycles. The fourth-order valence-electron chi connectivity index (χ4n) is 7.19. The molecule has 0 saturated heterocycles. The van der Waals surface area contributed by atoms with Crippen molar-refractivity contribution in [3.8, 4) is 11.4 Å². The third-order valence-corrected chi connectivity index (χ3v) is 12.3. The highest BCUT2D eigenvalue weighted by atomic mass is 31.2. The van der Waals surface area contributed by atoms with E-state index in [9.17, 15) is 0 Å². The van der Waals surface area contributed by atoms with Crippen LogP contribution in [0.5, 0.6) is 0 Å². The van der Waals surface area contributed by atoms with Crippen LogP contribution in [-0.2, 0) is 4.57 Å². The minimum absolute atomic E-state index is 0.822. The molecule has 46 heavy (non-hydrogen) atoms. The average Bonchev–Trinajstić information content (AvgIpc) is 3.65. The summed E-state index contributed by atoms with van der Waals surface area (Å²) in [4.78, 5) is 0. The number of fused-ring (bicyclic) bond motifs is 7. The zero-order chi connectivity index (χ0) is 30.7. The molecule has 0 amide bonds. The van der Waals surface area contributed by atoms with Crippen LogP contribution < -0.4 is 15.9 Å². The first kappa shape index (κ1) is 26.7. The Bertz CT molecular complexity index is 2540. The number of aromatic nitrogens is 2. The van der Waals surface area contributed by atoms with E-state index in [4.69, 9.17) is 0 Å². The molecule has 2 heterocycles. The van der Waals surface area contributed by atoms with Crippen molar-refractivity contribution in [3.63, 3.8) is 0 Å². The van der Waals surface area contributed by atoms with Gasteiger partial charge in [0.1, 0.15) is 0 Å². The molecule has 0 radical (unpaired) electrons. The maximum atomic E-state index is 15.0. The molecule has 4 heteroatoms. The molecule has 0 saturated carbocycles. The Balaban J connectivity index is 1.30. The van der Waals surface area contributed by atoms with Gasteiger partial charge in [0, 0.05) is 48.8 Å². The summed E-state index contributed by atoms with van der Waals surface area (Å²) in [5.74, 6) is 0. The smallest absolute Gasteiger partial charge is 0.171 e. The largest absolute Gasteiger partial charge is 0.309 e. The molecule has 0 unspecified atom stereocenters. The Labute approximate surface area is 267 Å². The van der Waals surface area contributed by atoms with Crippen molar-refractivity contribution >= 4 is 66.7 Å². The molecule has 0 aliphatic carbocycles. The maximum Gasteiger partial charge on any atom is 0.171 e. The topological polar surface area (TPSA) is 26.9 Å². The van der Waals surface area contributed by atoms with Crippen molar-refractivity contribution in [2.24, 2.45) is 0 Å². The molecule has 3 nitrogen and oxygen atoms in total. The summed E-state index contributed by atoms with van der Waals surface area (Å²) >= 11 is 0. The summed E-state index contributed by atoms with van der Waals surface area (Å²) in [7, 11) is -3.07. The predicted molar refractivity (Wildman–Crippen MR) is 195 cm³/mol. The molecule has 0 aliphatic rings. The third kappa shape index (κ3) is 3.89. The van der Waals surface area contributed by atoms with Gasteiger partial charge in [-0.3, -0.25) is 0 Å². The molecule has 0 aliphatic heterocycles. The highest BCUT2D eigenvalue weighted by molar-refractivity contribution is 7.85. The lowest BCUT2D eigenvalue weighted by Gasteiger charge is -2.20. The van der Waals surface area contributed by atoms with Crippen LogP contribution >= 0.6 is 7.14 Å². The van der Waals surface area contributed by atoms with Gasteiger partial charge in [-0.25, -0.2) is 0 Å². The van der Waals surface area contributed by atoms with Crippen LogP contribution in [0.15, 0.2) is 176 Å². The van der Waals surface area contributed by atoms with Gasteiger partial charge in [0.25, 0.3) is 0 Å². The molecule has 218 valence electrons. The third-order valence-electron chi connectivity index (χ3n) is 9.20. The number of hydrogen-bond donors (Lipinski definition) is 0. The van der Waals surface area contributed by atoms with Crippen LogP contribution in [0.25, 0.3) is 55.0 Å². The van der Waals surface area contributed by atoms with Crippen molar-refractivity contribution in [2.45, 2.75) is 0 Å². The Kier molecular flexibility index (Phi) is 6.09. The maximum absolute atomic E-state index is 15.0. The van der Waals surface area contributed by atoms with Crippen molar-refractivity contribution < 1.29 is 4.57 Å². The van der Waals surface area contributed by atoms with Crippen LogP contribution in [-0.4, -0.2) is 9.13 Å². The minimum atomic E-state index is -3.07. The lowest BCUT2D eigenvalue weighted by atomic mass is 10.1. The second-order valence-electron chi connectivity index (χ2n) is 11.7. The molecule has 0 bridgehead atoms. The molecule has 2 aromatic heterocycles. The van der Waals surface area contributed by atoms with E-state index in [1.807, 2.05) is 60.7 Å². The highest BCUT2D eigenvalue weighted by Crippen LogP contribution is 2.44. The van der Waals surface area contributed by atoms with Crippen LogP contribution in [0.3, 0.4) is 0 Å². The van der Waals surface area contributed by atoms with Gasteiger partial charge in [0.2, 0.25) is 0 Å². The SMILES string of the molecule is O=P(c1ccccc1)(c1ccccc1)c1ccc(-n2c3ccccc3c3c4c5ccccc5n(-c5ccccc5)c4ccc32)cc1. The summed E-state index contributed by atoms with van der Waals surface area (Å²) in [5.41, 5.74) is 6.84. The van der Waals surface area contributed by atoms with E-state index in [2.05, 4.69) is 124 Å². The molecule has 0 spiro atoms. The Morgan fingerprint density at radius 2 is 0.696 bits per heavy atom. The Morgan fingerprint density at radius 3 is 1.17 bits per heavy atom. The van der Waals surface area contributed by atoms with E-state index in [0.717, 1.165) is 38.3 Å². The lowest BCUT2D eigenvalue weighted by Crippen LogP contribution is -2.24. The van der Waals surface area contributed by atoms with Crippen molar-refractivity contribution in [1.29, 1.82) is 0 Å². The van der Waals surface area contributed by atoms with E-state index in [1.165, 1.54) is 32.6 Å². The van der Waals surface area contributed by atoms with Gasteiger partial charge in [-0.15, -0.1) is 0 Å². The first-order valence-electron chi connectivity index (χ1n) is 15.6. The summed E-state index contributed by atoms with van der Waals surface area (Å²) in [5, 5.41) is 7.43. The molecule has 0 N–H and O–H groups in total. The molecule has 0 fully saturated rings. The predicted octanol–water partition coefficient (Wildman–Crippen LogP) is 9.52. The number of hydrogen-bond acceptors (Lipinski definition) is 1. The fourth-order valence-corrected chi connectivity index (χ4v) is 9.83. The summed E-state index contributed by atoms with van der Waals surface area (Å²) in [6.07, 6.45) is 0. The molecular weight excluding hydrogens is 579 g/mol. The first-order valence-corrected chi connectivity index (χ1v) is 17.3. The monoisotopic (exact) mass is 608 g/mol. The van der Waals surface area contributed by atoms with Crippen LogP contribution in [0.4, 0.5) is 0 Å². The second kappa shape index (κ2) is 10.5. The number of benzene rings is 7. The van der Waals surface area contributed by atoms with Crippen LogP contribution in [0.1, 0.15) is 0 Å². The normalized spacial score (nSPS) is 12.0. The number of rotatable bonds is 5. The average molecular weight is 609 g/mol. The van der Waals surface area contributed by atoms with E-state index >= 15 is 4.57 Å². The standard InChI is InChI=1S/C42H29N2OP/c45-46(32-16-6-2-7-17-32,33-18-8-3-9-19-33)34-26-24-31(25-27-34)44-38-23-13-11-21-36(38)42-40(44)29-28-39-41(42)35-20-10-12-22-37(35)43(39)30-14-4-1-5-15-30/h1-29H. The molecule has 0 atom stereocenters. The van der Waals surface area contributed by atoms with E-state index in [1.54, 1.807) is 0 Å². The van der Waals surface area contributed by atoms with Gasteiger partial charge >= 0.3 is 0 Å². The van der Waals surface area contributed by atoms with Crippen LogP contribution in [0.2, 0.25) is 0 Å². The molecule has 9 rings (SSSR count). The fraction of sp³-hybridized carbons (Fsp3) is 0. The summed E-state index contributed by atoms with van der Waals surface area (Å²) in [6, 6.07) is 60.5. The Morgan fingerprint density at radius 1 is 0.326 bits per heavy atom. The summed E-state index contributed by atoms with van der Waals surface area (Å²) in [6.45, 7) is 0. The molecular formula is C42H29N2OP. The van der Waals surface area contributed by atoms with Gasteiger partial charge in [0.15, 0.2) is 7.14 Å². The molecule has 9 aromatic rings. The highest BCUT2D eigenvalue weighted by Gasteiger charge is 2.29. The number of para-hydroxylation sites is 3. The Hall–Kier alpha value is -5.63. The minimum Gasteiger partial charge on any atom is -0.309 e.